The topological polar surface area (TPSA) is 50.4 Å². The van der Waals surface area contributed by atoms with Crippen molar-refractivity contribution in [3.05, 3.63) is 29.8 Å². The minimum absolute atomic E-state index is 0.0487. The number of carbonyl (C=O) groups excluding carboxylic acids is 1. The lowest BCUT2D eigenvalue weighted by molar-refractivity contribution is -0.127. The van der Waals surface area contributed by atoms with Gasteiger partial charge in [-0.1, -0.05) is 18.2 Å². The predicted octanol–water partition coefficient (Wildman–Crippen LogP) is 1.64. The first-order chi connectivity index (χ1) is 10.3. The molecular formula is C17H22N2O2. The molecule has 2 bridgehead atoms. The highest BCUT2D eigenvalue weighted by Crippen LogP contribution is 2.29. The van der Waals surface area contributed by atoms with Crippen LogP contribution in [0.4, 0.5) is 0 Å². The Labute approximate surface area is 125 Å². The molecule has 0 spiro atoms. The Bertz CT molecular complexity index is 533. The molecule has 3 atom stereocenters. The molecule has 2 saturated heterocycles. The molecule has 0 aliphatic carbocycles. The van der Waals surface area contributed by atoms with Crippen molar-refractivity contribution in [1.29, 1.82) is 0 Å². The van der Waals surface area contributed by atoms with Crippen molar-refractivity contribution in [1.82, 2.24) is 10.6 Å². The van der Waals surface area contributed by atoms with Gasteiger partial charge in [0.2, 0.25) is 5.91 Å². The Kier molecular flexibility index (Phi) is 3.34. The van der Waals surface area contributed by atoms with E-state index in [2.05, 4.69) is 16.7 Å². The van der Waals surface area contributed by atoms with Gasteiger partial charge in [-0.2, -0.15) is 0 Å². The fourth-order valence-electron chi connectivity index (χ4n) is 3.99. The molecule has 4 rings (SSSR count). The van der Waals surface area contributed by atoms with Gasteiger partial charge in [-0.3, -0.25) is 4.79 Å². The van der Waals surface area contributed by atoms with Crippen LogP contribution in [-0.4, -0.2) is 30.6 Å². The van der Waals surface area contributed by atoms with Gasteiger partial charge in [-0.15, -0.1) is 0 Å². The summed E-state index contributed by atoms with van der Waals surface area (Å²) in [5.41, 5.74) is 1.15. The standard InChI is InChI=1S/C17H22N2O2/c20-17(19-15-8-13-5-6-14(9-15)18-13)12-7-11-3-1-2-4-16(11)21-10-12/h1-4,12-15,18H,5-10H2,(H,19,20). The molecule has 3 aliphatic heterocycles. The van der Waals surface area contributed by atoms with Gasteiger partial charge in [-0.25, -0.2) is 0 Å². The highest BCUT2D eigenvalue weighted by atomic mass is 16.5. The van der Waals surface area contributed by atoms with Crippen molar-refractivity contribution in [3.8, 4) is 5.75 Å². The molecule has 1 amide bonds. The number of ether oxygens (including phenoxy) is 1. The maximum atomic E-state index is 12.5. The summed E-state index contributed by atoms with van der Waals surface area (Å²) in [6, 6.07) is 9.58. The molecule has 2 N–H and O–H groups in total. The monoisotopic (exact) mass is 286 g/mol. The summed E-state index contributed by atoms with van der Waals surface area (Å²) in [7, 11) is 0. The minimum atomic E-state index is -0.0487. The summed E-state index contributed by atoms with van der Waals surface area (Å²) in [6.07, 6.45) is 5.46. The van der Waals surface area contributed by atoms with Gasteiger partial charge in [0.05, 0.1) is 5.92 Å². The molecule has 112 valence electrons. The molecule has 1 aromatic carbocycles. The molecular weight excluding hydrogens is 264 g/mol. The van der Waals surface area contributed by atoms with E-state index in [9.17, 15) is 4.79 Å². The van der Waals surface area contributed by atoms with Gasteiger partial charge in [0.1, 0.15) is 12.4 Å². The third-order valence-corrected chi connectivity index (χ3v) is 5.07. The summed E-state index contributed by atoms with van der Waals surface area (Å²) in [5, 5.41) is 6.87. The first-order valence-electron chi connectivity index (χ1n) is 8.05. The largest absolute Gasteiger partial charge is 0.492 e. The number of benzene rings is 1. The number of carbonyl (C=O) groups is 1. The maximum Gasteiger partial charge on any atom is 0.227 e. The lowest BCUT2D eigenvalue weighted by Crippen LogP contribution is -2.50. The lowest BCUT2D eigenvalue weighted by Gasteiger charge is -2.32. The van der Waals surface area contributed by atoms with E-state index in [1.165, 1.54) is 12.8 Å². The van der Waals surface area contributed by atoms with Gasteiger partial charge in [0.25, 0.3) is 0 Å². The zero-order chi connectivity index (χ0) is 14.2. The van der Waals surface area contributed by atoms with E-state index in [1.807, 2.05) is 18.2 Å². The number of hydrogen-bond acceptors (Lipinski definition) is 3. The fourth-order valence-corrected chi connectivity index (χ4v) is 3.99. The second-order valence-corrected chi connectivity index (χ2v) is 6.63. The summed E-state index contributed by atoms with van der Waals surface area (Å²) >= 11 is 0. The lowest BCUT2D eigenvalue weighted by atomic mass is 9.94. The highest BCUT2D eigenvalue weighted by molar-refractivity contribution is 5.80. The zero-order valence-electron chi connectivity index (χ0n) is 12.2. The third-order valence-electron chi connectivity index (χ3n) is 5.07. The van der Waals surface area contributed by atoms with Crippen LogP contribution in [0.1, 0.15) is 31.2 Å². The van der Waals surface area contributed by atoms with E-state index in [0.717, 1.165) is 30.6 Å². The van der Waals surface area contributed by atoms with Crippen molar-refractivity contribution in [2.45, 2.75) is 50.2 Å². The Balaban J connectivity index is 1.38. The number of para-hydroxylation sites is 1. The number of hydrogen-bond donors (Lipinski definition) is 2. The van der Waals surface area contributed by atoms with Crippen LogP contribution in [0, 0.1) is 5.92 Å². The summed E-state index contributed by atoms with van der Waals surface area (Å²) in [5.74, 6) is 1.05. The van der Waals surface area contributed by atoms with E-state index in [4.69, 9.17) is 4.74 Å². The summed E-state index contributed by atoms with van der Waals surface area (Å²) < 4.78 is 5.73. The fraction of sp³-hybridized carbons (Fsp3) is 0.588. The number of rotatable bonds is 2. The molecule has 3 aliphatic rings. The van der Waals surface area contributed by atoms with Crippen molar-refractivity contribution >= 4 is 5.91 Å². The molecule has 1 aromatic rings. The van der Waals surface area contributed by atoms with Crippen LogP contribution in [0.25, 0.3) is 0 Å². The number of piperidine rings is 1. The van der Waals surface area contributed by atoms with Gasteiger partial charge in [0, 0.05) is 18.1 Å². The van der Waals surface area contributed by atoms with Crippen molar-refractivity contribution < 1.29 is 9.53 Å². The van der Waals surface area contributed by atoms with Gasteiger partial charge in [-0.05, 0) is 43.7 Å². The van der Waals surface area contributed by atoms with Crippen LogP contribution in [0.5, 0.6) is 5.75 Å². The number of fused-ring (bicyclic) bond motifs is 3. The highest BCUT2D eigenvalue weighted by Gasteiger charge is 2.35. The maximum absolute atomic E-state index is 12.5. The first kappa shape index (κ1) is 13.1. The third kappa shape index (κ3) is 2.64. The van der Waals surface area contributed by atoms with Crippen LogP contribution in [0.2, 0.25) is 0 Å². The molecule has 2 fully saturated rings. The molecule has 4 nitrogen and oxygen atoms in total. The van der Waals surface area contributed by atoms with Crippen LogP contribution in [0.15, 0.2) is 24.3 Å². The molecule has 0 radical (unpaired) electrons. The van der Waals surface area contributed by atoms with Crippen LogP contribution in [0.3, 0.4) is 0 Å². The van der Waals surface area contributed by atoms with E-state index in [1.54, 1.807) is 0 Å². The van der Waals surface area contributed by atoms with Crippen molar-refractivity contribution in [2.24, 2.45) is 5.92 Å². The molecule has 0 aromatic heterocycles. The second-order valence-electron chi connectivity index (χ2n) is 6.63. The van der Waals surface area contributed by atoms with E-state index < -0.39 is 0 Å². The first-order valence-corrected chi connectivity index (χ1v) is 8.05. The zero-order valence-corrected chi connectivity index (χ0v) is 12.2. The van der Waals surface area contributed by atoms with Gasteiger partial charge >= 0.3 is 0 Å². The Morgan fingerprint density at radius 3 is 2.76 bits per heavy atom. The van der Waals surface area contributed by atoms with Gasteiger partial charge < -0.3 is 15.4 Å². The average molecular weight is 286 g/mol. The molecule has 0 saturated carbocycles. The van der Waals surface area contributed by atoms with Crippen LogP contribution < -0.4 is 15.4 Å². The minimum Gasteiger partial charge on any atom is -0.492 e. The number of nitrogens with one attached hydrogen (secondary N) is 2. The van der Waals surface area contributed by atoms with Crippen molar-refractivity contribution in [2.75, 3.05) is 6.61 Å². The van der Waals surface area contributed by atoms with Crippen LogP contribution >= 0.6 is 0 Å². The summed E-state index contributed by atoms with van der Waals surface area (Å²) in [6.45, 7) is 0.501. The average Bonchev–Trinajstić information content (AvgIpc) is 2.85. The van der Waals surface area contributed by atoms with E-state index in [0.29, 0.717) is 24.7 Å². The van der Waals surface area contributed by atoms with E-state index >= 15 is 0 Å². The summed E-state index contributed by atoms with van der Waals surface area (Å²) in [4.78, 5) is 12.5. The van der Waals surface area contributed by atoms with Gasteiger partial charge in [0.15, 0.2) is 0 Å². The predicted molar refractivity (Wildman–Crippen MR) is 80.2 cm³/mol. The molecule has 21 heavy (non-hydrogen) atoms. The molecule has 4 heteroatoms. The van der Waals surface area contributed by atoms with Crippen LogP contribution in [-0.2, 0) is 11.2 Å². The van der Waals surface area contributed by atoms with E-state index in [-0.39, 0.29) is 11.8 Å². The van der Waals surface area contributed by atoms with Crippen molar-refractivity contribution in [3.63, 3.8) is 0 Å². The second kappa shape index (κ2) is 5.34. The Hall–Kier alpha value is -1.55. The smallest absolute Gasteiger partial charge is 0.227 e. The molecule has 3 unspecified atom stereocenters. The quantitative estimate of drug-likeness (QED) is 0.869. The SMILES string of the molecule is O=C(NC1CC2CCC(C1)N2)C1COc2ccccc2C1. The Morgan fingerprint density at radius 2 is 1.95 bits per heavy atom. The number of amides is 1. The molecule has 3 heterocycles. The Morgan fingerprint density at radius 1 is 1.19 bits per heavy atom. The normalized spacial score (nSPS) is 33.9.